The minimum Gasteiger partial charge on any atom is -0.469 e. The molecule has 19 heavy (non-hydrogen) atoms. The topological polar surface area (TPSA) is 13.1 Å². The van der Waals surface area contributed by atoms with Crippen LogP contribution in [0, 0.1) is 12.3 Å². The Bertz CT molecular complexity index is 524. The van der Waals surface area contributed by atoms with Gasteiger partial charge in [0.1, 0.15) is 5.76 Å². The van der Waals surface area contributed by atoms with Gasteiger partial charge in [-0.15, -0.1) is 6.58 Å². The van der Waals surface area contributed by atoms with E-state index in [9.17, 15) is 0 Å². The van der Waals surface area contributed by atoms with Crippen LogP contribution >= 0.6 is 0 Å². The molecule has 1 heterocycles. The lowest BCUT2D eigenvalue weighted by Crippen LogP contribution is -2.17. The van der Waals surface area contributed by atoms with Crippen LogP contribution in [0.5, 0.6) is 0 Å². The van der Waals surface area contributed by atoms with Crippen molar-refractivity contribution in [2.24, 2.45) is 5.41 Å². The molecule has 0 saturated carbocycles. The maximum atomic E-state index is 5.57. The van der Waals surface area contributed by atoms with Gasteiger partial charge in [-0.1, -0.05) is 43.3 Å². The van der Waals surface area contributed by atoms with E-state index in [0.717, 1.165) is 25.0 Å². The van der Waals surface area contributed by atoms with Crippen molar-refractivity contribution in [2.75, 3.05) is 0 Å². The van der Waals surface area contributed by atoms with Crippen molar-refractivity contribution in [3.8, 4) is 0 Å². The van der Waals surface area contributed by atoms with E-state index in [4.69, 9.17) is 4.42 Å². The summed E-state index contributed by atoms with van der Waals surface area (Å²) >= 11 is 0. The number of rotatable bonds is 6. The quantitative estimate of drug-likeness (QED) is 0.664. The molecule has 0 saturated heterocycles. The minimum atomic E-state index is 0.0818. The molecule has 0 aliphatic rings. The van der Waals surface area contributed by atoms with Gasteiger partial charge in [-0.3, -0.25) is 0 Å². The summed E-state index contributed by atoms with van der Waals surface area (Å²) < 4.78 is 5.57. The van der Waals surface area contributed by atoms with Crippen molar-refractivity contribution < 1.29 is 4.42 Å². The number of aryl methyl sites for hydroxylation is 2. The highest BCUT2D eigenvalue weighted by Gasteiger charge is 2.23. The van der Waals surface area contributed by atoms with Gasteiger partial charge in [0, 0.05) is 6.42 Å². The second-order valence-corrected chi connectivity index (χ2v) is 5.55. The molecule has 1 nitrogen and oxygen atoms in total. The molecule has 2 aromatic rings. The maximum Gasteiger partial charge on any atom is 0.107 e. The molecular formula is C18H22O. The SMILES string of the molecule is C=CC(C)(CCc1ccccc1)Cc1occc1C. The van der Waals surface area contributed by atoms with Gasteiger partial charge in [-0.2, -0.15) is 0 Å². The van der Waals surface area contributed by atoms with Gasteiger partial charge in [-0.05, 0) is 42.4 Å². The van der Waals surface area contributed by atoms with E-state index in [1.54, 1.807) is 6.26 Å². The van der Waals surface area contributed by atoms with Gasteiger partial charge in [0.05, 0.1) is 6.26 Å². The highest BCUT2D eigenvalue weighted by Crippen LogP contribution is 2.31. The Labute approximate surface area is 116 Å². The van der Waals surface area contributed by atoms with Gasteiger partial charge >= 0.3 is 0 Å². The van der Waals surface area contributed by atoms with Crippen molar-refractivity contribution in [3.63, 3.8) is 0 Å². The van der Waals surface area contributed by atoms with Crippen LogP contribution in [0.1, 0.15) is 30.2 Å². The second-order valence-electron chi connectivity index (χ2n) is 5.55. The molecule has 0 aliphatic heterocycles. The van der Waals surface area contributed by atoms with E-state index >= 15 is 0 Å². The highest BCUT2D eigenvalue weighted by molar-refractivity contribution is 5.19. The van der Waals surface area contributed by atoms with E-state index in [0.29, 0.717) is 0 Å². The largest absolute Gasteiger partial charge is 0.469 e. The summed E-state index contributed by atoms with van der Waals surface area (Å²) in [6.07, 6.45) is 6.91. The number of hydrogen-bond donors (Lipinski definition) is 0. The fourth-order valence-electron chi connectivity index (χ4n) is 2.29. The molecule has 2 rings (SSSR count). The highest BCUT2D eigenvalue weighted by atomic mass is 16.3. The number of benzene rings is 1. The molecule has 0 N–H and O–H groups in total. The molecular weight excluding hydrogens is 232 g/mol. The van der Waals surface area contributed by atoms with Crippen LogP contribution < -0.4 is 0 Å². The van der Waals surface area contributed by atoms with Crippen LogP contribution in [-0.2, 0) is 12.8 Å². The van der Waals surface area contributed by atoms with Crippen molar-refractivity contribution in [1.82, 2.24) is 0 Å². The first-order chi connectivity index (χ1) is 9.13. The van der Waals surface area contributed by atoms with Gasteiger partial charge in [0.25, 0.3) is 0 Å². The summed E-state index contributed by atoms with van der Waals surface area (Å²) in [5, 5.41) is 0. The molecule has 0 fully saturated rings. The molecule has 1 atom stereocenters. The van der Waals surface area contributed by atoms with Crippen molar-refractivity contribution >= 4 is 0 Å². The predicted octanol–water partition coefficient (Wildman–Crippen LogP) is 4.96. The average molecular weight is 254 g/mol. The Balaban J connectivity index is 2.02. The fraction of sp³-hybridized carbons (Fsp3) is 0.333. The zero-order chi connectivity index (χ0) is 13.7. The van der Waals surface area contributed by atoms with Crippen molar-refractivity contribution in [1.29, 1.82) is 0 Å². The first kappa shape index (κ1) is 13.7. The Hall–Kier alpha value is -1.76. The van der Waals surface area contributed by atoms with Crippen LogP contribution in [0.2, 0.25) is 0 Å². The number of hydrogen-bond acceptors (Lipinski definition) is 1. The summed E-state index contributed by atoms with van der Waals surface area (Å²) in [7, 11) is 0. The smallest absolute Gasteiger partial charge is 0.107 e. The van der Waals surface area contributed by atoms with Gasteiger partial charge in [-0.25, -0.2) is 0 Å². The first-order valence-corrected chi connectivity index (χ1v) is 6.83. The van der Waals surface area contributed by atoms with Gasteiger partial charge in [0.2, 0.25) is 0 Å². The molecule has 1 heteroatoms. The van der Waals surface area contributed by atoms with Gasteiger partial charge in [0.15, 0.2) is 0 Å². The van der Waals surface area contributed by atoms with Crippen LogP contribution in [0.4, 0.5) is 0 Å². The first-order valence-electron chi connectivity index (χ1n) is 6.83. The molecule has 0 amide bonds. The Morgan fingerprint density at radius 3 is 2.53 bits per heavy atom. The lowest BCUT2D eigenvalue weighted by molar-refractivity contribution is 0.349. The van der Waals surface area contributed by atoms with Gasteiger partial charge < -0.3 is 4.42 Å². The number of furan rings is 1. The van der Waals surface area contributed by atoms with Crippen LogP contribution in [-0.4, -0.2) is 0 Å². The minimum absolute atomic E-state index is 0.0818. The van der Waals surface area contributed by atoms with E-state index in [1.807, 2.05) is 6.07 Å². The van der Waals surface area contributed by atoms with Crippen molar-refractivity contribution in [2.45, 2.75) is 33.1 Å². The van der Waals surface area contributed by atoms with Crippen molar-refractivity contribution in [3.05, 3.63) is 72.2 Å². The summed E-state index contributed by atoms with van der Waals surface area (Å²) in [6, 6.07) is 12.6. The third-order valence-corrected chi connectivity index (χ3v) is 3.85. The maximum absolute atomic E-state index is 5.57. The van der Waals surface area contributed by atoms with Crippen LogP contribution in [0.25, 0.3) is 0 Å². The lowest BCUT2D eigenvalue weighted by Gasteiger charge is -2.25. The standard InChI is InChI=1S/C18H22O/c1-4-18(3,14-17-15(2)11-13-19-17)12-10-16-8-6-5-7-9-16/h4-9,11,13H,1,10,12,14H2,2-3H3. The van der Waals surface area contributed by atoms with E-state index < -0.39 is 0 Å². The zero-order valence-corrected chi connectivity index (χ0v) is 11.9. The Kier molecular flexibility index (Phi) is 4.26. The number of allylic oxidation sites excluding steroid dienone is 1. The van der Waals surface area contributed by atoms with E-state index in [2.05, 4.69) is 56.8 Å². The Morgan fingerprint density at radius 2 is 1.95 bits per heavy atom. The van der Waals surface area contributed by atoms with E-state index in [-0.39, 0.29) is 5.41 Å². The third kappa shape index (κ3) is 3.60. The fourth-order valence-corrected chi connectivity index (χ4v) is 2.29. The van der Waals surface area contributed by atoms with Crippen LogP contribution in [0.15, 0.2) is 59.7 Å². The monoisotopic (exact) mass is 254 g/mol. The summed E-state index contributed by atoms with van der Waals surface area (Å²) in [5.74, 6) is 1.08. The third-order valence-electron chi connectivity index (χ3n) is 3.85. The molecule has 0 radical (unpaired) electrons. The molecule has 0 aliphatic carbocycles. The molecule has 0 spiro atoms. The second kappa shape index (κ2) is 5.92. The summed E-state index contributed by atoms with van der Waals surface area (Å²) in [4.78, 5) is 0. The molecule has 1 aromatic carbocycles. The van der Waals surface area contributed by atoms with Crippen LogP contribution in [0.3, 0.4) is 0 Å². The Morgan fingerprint density at radius 1 is 1.21 bits per heavy atom. The van der Waals surface area contributed by atoms with E-state index in [1.165, 1.54) is 11.1 Å². The lowest BCUT2D eigenvalue weighted by atomic mass is 9.80. The normalized spacial score (nSPS) is 14.0. The average Bonchev–Trinajstić information content (AvgIpc) is 2.83. The summed E-state index contributed by atoms with van der Waals surface area (Å²) in [5.41, 5.74) is 2.69. The predicted molar refractivity (Wildman–Crippen MR) is 80.2 cm³/mol. The molecule has 0 bridgehead atoms. The molecule has 100 valence electrons. The molecule has 1 aromatic heterocycles. The summed E-state index contributed by atoms with van der Waals surface area (Å²) in [6.45, 7) is 8.37. The zero-order valence-electron chi connectivity index (χ0n) is 11.9. The molecule has 1 unspecified atom stereocenters.